The van der Waals surface area contributed by atoms with Crippen molar-refractivity contribution in [3.05, 3.63) is 35.4 Å². The smallest absolute Gasteiger partial charge is 0.146 e. The van der Waals surface area contributed by atoms with E-state index in [9.17, 15) is 4.79 Å². The predicted octanol–water partition coefficient (Wildman–Crippen LogP) is 3.14. The minimum absolute atomic E-state index is 0.258. The van der Waals surface area contributed by atoms with Gasteiger partial charge in [0.25, 0.3) is 0 Å². The van der Waals surface area contributed by atoms with E-state index in [1.165, 1.54) is 17.5 Å². The summed E-state index contributed by atoms with van der Waals surface area (Å²) in [4.78, 5) is 11.8. The molecule has 1 aromatic rings. The average molecular weight is 218 g/mol. The fourth-order valence-corrected chi connectivity index (χ4v) is 4.19. The zero-order valence-corrected chi connectivity index (χ0v) is 9.43. The van der Waals surface area contributed by atoms with Crippen LogP contribution < -0.4 is 0 Å². The largest absolute Gasteiger partial charge is 0.298 e. The van der Waals surface area contributed by atoms with Crippen LogP contribution in [0.25, 0.3) is 0 Å². The molecule has 1 fully saturated rings. The number of ketones is 1. The van der Waals surface area contributed by atoms with Crippen LogP contribution in [0, 0.1) is 0 Å². The van der Waals surface area contributed by atoms with Crippen LogP contribution in [0.15, 0.2) is 24.3 Å². The number of fused-ring (bicyclic) bond motifs is 3. The number of thioether (sulfide) groups is 1. The lowest BCUT2D eigenvalue weighted by molar-refractivity contribution is -0.120. The second-order valence-electron chi connectivity index (χ2n) is 4.40. The van der Waals surface area contributed by atoms with Gasteiger partial charge < -0.3 is 0 Å². The first-order valence-corrected chi connectivity index (χ1v) is 6.63. The van der Waals surface area contributed by atoms with Gasteiger partial charge in [-0.1, -0.05) is 24.3 Å². The molecule has 1 heterocycles. The summed E-state index contributed by atoms with van der Waals surface area (Å²) < 4.78 is 0. The quantitative estimate of drug-likeness (QED) is 0.665. The summed E-state index contributed by atoms with van der Waals surface area (Å²) in [6.07, 6.45) is 3.08. The Morgan fingerprint density at radius 2 is 2.13 bits per heavy atom. The van der Waals surface area contributed by atoms with Crippen LogP contribution in [-0.4, -0.2) is 11.0 Å². The Hall–Kier alpha value is -0.760. The highest BCUT2D eigenvalue weighted by Crippen LogP contribution is 2.44. The summed E-state index contributed by atoms with van der Waals surface area (Å²) in [6, 6.07) is 8.62. The van der Waals surface area contributed by atoms with Gasteiger partial charge in [-0.3, -0.25) is 4.79 Å². The summed E-state index contributed by atoms with van der Waals surface area (Å²) in [7, 11) is 0. The molecule has 1 aliphatic heterocycles. The highest BCUT2D eigenvalue weighted by atomic mass is 32.2. The lowest BCUT2D eigenvalue weighted by Gasteiger charge is -2.35. The highest BCUT2D eigenvalue weighted by Gasteiger charge is 2.36. The molecule has 2 heteroatoms. The maximum atomic E-state index is 11.8. The highest BCUT2D eigenvalue weighted by molar-refractivity contribution is 8.00. The molecule has 0 aromatic heterocycles. The van der Waals surface area contributed by atoms with Crippen LogP contribution in [0.5, 0.6) is 0 Å². The first-order chi connectivity index (χ1) is 7.36. The van der Waals surface area contributed by atoms with Crippen LogP contribution in [0.2, 0.25) is 0 Å². The molecule has 0 spiro atoms. The molecule has 0 bridgehead atoms. The van der Waals surface area contributed by atoms with Gasteiger partial charge in [0.15, 0.2) is 0 Å². The number of carbonyl (C=O) groups excluding carboxylic acids is 1. The summed E-state index contributed by atoms with van der Waals surface area (Å²) in [5.74, 6) is 2.00. The minimum Gasteiger partial charge on any atom is -0.298 e. The monoisotopic (exact) mass is 218 g/mol. The zero-order chi connectivity index (χ0) is 10.3. The van der Waals surface area contributed by atoms with Crippen LogP contribution in [0.4, 0.5) is 0 Å². The molecule has 2 unspecified atom stereocenters. The fraction of sp³-hybridized carbons (Fsp3) is 0.462. The van der Waals surface area contributed by atoms with Crippen LogP contribution >= 0.6 is 11.8 Å². The first kappa shape index (κ1) is 9.46. The van der Waals surface area contributed by atoms with Gasteiger partial charge in [0.2, 0.25) is 0 Å². The number of Topliss-reactive ketones (excluding diaryl/α,β-unsaturated/α-hetero) is 1. The Bertz CT molecular complexity index is 399. The molecule has 0 saturated heterocycles. The first-order valence-electron chi connectivity index (χ1n) is 5.58. The predicted molar refractivity (Wildman–Crippen MR) is 63.1 cm³/mol. The van der Waals surface area contributed by atoms with Crippen molar-refractivity contribution in [2.24, 2.45) is 0 Å². The van der Waals surface area contributed by atoms with Gasteiger partial charge in [-0.25, -0.2) is 0 Å². The summed E-state index contributed by atoms with van der Waals surface area (Å²) in [5, 5.41) is 0.258. The molecule has 15 heavy (non-hydrogen) atoms. The maximum absolute atomic E-state index is 11.8. The number of hydrogen-bond acceptors (Lipinski definition) is 2. The third kappa shape index (κ3) is 1.51. The van der Waals surface area contributed by atoms with Crippen molar-refractivity contribution in [1.82, 2.24) is 0 Å². The normalized spacial score (nSPS) is 29.5. The molecule has 1 saturated carbocycles. The van der Waals surface area contributed by atoms with Gasteiger partial charge in [-0.05, 0) is 24.0 Å². The van der Waals surface area contributed by atoms with E-state index in [1.807, 2.05) is 11.8 Å². The van der Waals surface area contributed by atoms with Gasteiger partial charge in [0.1, 0.15) is 5.78 Å². The molecule has 2 aliphatic rings. The van der Waals surface area contributed by atoms with Crippen LogP contribution in [0.3, 0.4) is 0 Å². The number of carbonyl (C=O) groups is 1. The van der Waals surface area contributed by atoms with Crippen molar-refractivity contribution < 1.29 is 4.79 Å². The minimum atomic E-state index is 0.258. The number of hydrogen-bond donors (Lipinski definition) is 0. The molecule has 1 nitrogen and oxygen atoms in total. The van der Waals surface area contributed by atoms with Gasteiger partial charge >= 0.3 is 0 Å². The van der Waals surface area contributed by atoms with Gasteiger partial charge in [-0.2, -0.15) is 0 Å². The van der Waals surface area contributed by atoms with Crippen LogP contribution in [0.1, 0.15) is 36.3 Å². The van der Waals surface area contributed by atoms with Crippen LogP contribution in [-0.2, 0) is 10.5 Å². The number of rotatable bonds is 0. The SMILES string of the molecule is O=C1CCCC2c3ccccc3CSC12. The second-order valence-corrected chi connectivity index (χ2v) is 5.53. The summed E-state index contributed by atoms with van der Waals surface area (Å²) >= 11 is 1.85. The summed E-state index contributed by atoms with van der Waals surface area (Å²) in [5.41, 5.74) is 2.88. The second kappa shape index (κ2) is 3.67. The molecule has 0 radical (unpaired) electrons. The van der Waals surface area contributed by atoms with E-state index in [4.69, 9.17) is 0 Å². The Balaban J connectivity index is 2.02. The third-order valence-corrected chi connectivity index (χ3v) is 4.92. The van der Waals surface area contributed by atoms with Crippen molar-refractivity contribution in [3.63, 3.8) is 0 Å². The Morgan fingerprint density at radius 3 is 3.07 bits per heavy atom. The lowest BCUT2D eigenvalue weighted by Crippen LogP contribution is -2.32. The average Bonchev–Trinajstić information content (AvgIpc) is 2.29. The van der Waals surface area contributed by atoms with Gasteiger partial charge in [-0.15, -0.1) is 11.8 Å². The zero-order valence-electron chi connectivity index (χ0n) is 8.61. The lowest BCUT2D eigenvalue weighted by atomic mass is 9.81. The Kier molecular flexibility index (Phi) is 2.32. The Morgan fingerprint density at radius 1 is 1.27 bits per heavy atom. The Labute approximate surface area is 94.3 Å². The van der Waals surface area contributed by atoms with Gasteiger partial charge in [0, 0.05) is 18.1 Å². The van der Waals surface area contributed by atoms with Gasteiger partial charge in [0.05, 0.1) is 5.25 Å². The third-order valence-electron chi connectivity index (χ3n) is 3.49. The standard InChI is InChI=1S/C13H14OS/c14-12-7-3-6-11-10-5-2-1-4-9(10)8-15-13(11)12/h1-2,4-5,11,13H,3,6-8H2. The van der Waals surface area contributed by atoms with Crippen molar-refractivity contribution in [1.29, 1.82) is 0 Å². The number of benzene rings is 1. The van der Waals surface area contributed by atoms with E-state index in [0.717, 1.165) is 18.6 Å². The van der Waals surface area contributed by atoms with Crippen molar-refractivity contribution in [2.75, 3.05) is 0 Å². The van der Waals surface area contributed by atoms with E-state index >= 15 is 0 Å². The maximum Gasteiger partial charge on any atom is 0.146 e. The molecule has 1 aromatic carbocycles. The van der Waals surface area contributed by atoms with E-state index in [1.54, 1.807) is 0 Å². The van der Waals surface area contributed by atoms with Crippen molar-refractivity contribution in [3.8, 4) is 0 Å². The molecule has 2 atom stereocenters. The fourth-order valence-electron chi connectivity index (χ4n) is 2.75. The molecular formula is C13H14OS. The molecular weight excluding hydrogens is 204 g/mol. The van der Waals surface area contributed by atoms with E-state index < -0.39 is 0 Å². The van der Waals surface area contributed by atoms with E-state index in [0.29, 0.717) is 11.7 Å². The van der Waals surface area contributed by atoms with E-state index in [2.05, 4.69) is 24.3 Å². The molecule has 0 amide bonds. The molecule has 0 N–H and O–H groups in total. The molecule has 3 rings (SSSR count). The molecule has 1 aliphatic carbocycles. The topological polar surface area (TPSA) is 17.1 Å². The van der Waals surface area contributed by atoms with Crippen molar-refractivity contribution >= 4 is 17.5 Å². The summed E-state index contributed by atoms with van der Waals surface area (Å²) in [6.45, 7) is 0. The van der Waals surface area contributed by atoms with E-state index in [-0.39, 0.29) is 5.25 Å². The van der Waals surface area contributed by atoms with Crippen molar-refractivity contribution in [2.45, 2.75) is 36.2 Å². The molecule has 78 valence electrons.